The molecule has 0 spiro atoms. The number of benzene rings is 1. The van der Waals surface area contributed by atoms with Gasteiger partial charge in [0, 0.05) is 37.4 Å². The average Bonchev–Trinajstić information content (AvgIpc) is 2.32. The van der Waals surface area contributed by atoms with E-state index >= 15 is 0 Å². The number of methoxy groups -OCH3 is 1. The lowest BCUT2D eigenvalue weighted by Gasteiger charge is -2.24. The molecule has 0 fully saturated rings. The van der Waals surface area contributed by atoms with Crippen LogP contribution in [0.25, 0.3) is 0 Å². The number of likely N-dealkylation sites (N-methyl/N-ethyl adjacent to an activating group) is 1. The van der Waals surface area contributed by atoms with Crippen LogP contribution in [0.3, 0.4) is 0 Å². The normalized spacial score (nSPS) is 13.1. The van der Waals surface area contributed by atoms with Gasteiger partial charge in [-0.25, -0.2) is 4.39 Å². The molecule has 0 aromatic heterocycles. The van der Waals surface area contributed by atoms with Crippen LogP contribution < -0.4 is 5.73 Å². The van der Waals surface area contributed by atoms with Gasteiger partial charge in [0.1, 0.15) is 5.82 Å². The number of hydrogen-bond acceptors (Lipinski definition) is 3. The van der Waals surface area contributed by atoms with E-state index in [1.165, 1.54) is 0 Å². The van der Waals surface area contributed by atoms with Gasteiger partial charge in [-0.15, -0.1) is 0 Å². The summed E-state index contributed by atoms with van der Waals surface area (Å²) in [6.07, 6.45) is 0. The second-order valence-electron chi connectivity index (χ2n) is 4.31. The number of rotatable bonds is 6. The lowest BCUT2D eigenvalue weighted by Crippen LogP contribution is -2.32. The van der Waals surface area contributed by atoms with Gasteiger partial charge in [0.15, 0.2) is 0 Å². The lowest BCUT2D eigenvalue weighted by atomic mass is 10.1. The second-order valence-corrected chi connectivity index (χ2v) is 4.31. The van der Waals surface area contributed by atoms with Crippen LogP contribution in [0, 0.1) is 5.82 Å². The van der Waals surface area contributed by atoms with Gasteiger partial charge in [-0.05, 0) is 14.0 Å². The summed E-state index contributed by atoms with van der Waals surface area (Å²) >= 11 is 0. The summed E-state index contributed by atoms with van der Waals surface area (Å²) < 4.78 is 19.0. The molecule has 1 rings (SSSR count). The van der Waals surface area contributed by atoms with Crippen LogP contribution in [-0.2, 0) is 17.8 Å². The molecule has 0 aliphatic heterocycles. The van der Waals surface area contributed by atoms with E-state index in [1.54, 1.807) is 19.2 Å². The molecule has 1 aromatic rings. The van der Waals surface area contributed by atoms with Gasteiger partial charge in [-0.2, -0.15) is 0 Å². The maximum atomic E-state index is 13.9. The fourth-order valence-corrected chi connectivity index (χ4v) is 1.71. The maximum Gasteiger partial charge on any atom is 0.132 e. The Morgan fingerprint density at radius 2 is 2.06 bits per heavy atom. The minimum absolute atomic E-state index is 0.188. The SMILES string of the molecule is COCC(C)N(C)Cc1cccc(CN)c1F. The highest BCUT2D eigenvalue weighted by molar-refractivity contribution is 5.25. The molecule has 0 aliphatic carbocycles. The predicted octanol–water partition coefficient (Wildman–Crippen LogP) is 1.75. The average molecular weight is 240 g/mol. The standard InChI is InChI=1S/C13H21FN2O/c1-10(9-17-3)16(2)8-12-6-4-5-11(7-15)13(12)14/h4-6,10H,7-9,15H2,1-3H3. The molecule has 0 bridgehead atoms. The molecule has 3 nitrogen and oxygen atoms in total. The van der Waals surface area contributed by atoms with Crippen LogP contribution in [0.1, 0.15) is 18.1 Å². The molecular weight excluding hydrogens is 219 g/mol. The van der Waals surface area contributed by atoms with Gasteiger partial charge in [0.25, 0.3) is 0 Å². The number of nitrogens with two attached hydrogens (primary N) is 1. The third-order valence-corrected chi connectivity index (χ3v) is 2.96. The summed E-state index contributed by atoms with van der Waals surface area (Å²) in [4.78, 5) is 2.06. The topological polar surface area (TPSA) is 38.5 Å². The van der Waals surface area contributed by atoms with E-state index < -0.39 is 0 Å². The molecule has 1 aromatic carbocycles. The van der Waals surface area contributed by atoms with Crippen molar-refractivity contribution in [1.29, 1.82) is 0 Å². The van der Waals surface area contributed by atoms with E-state index in [0.717, 1.165) is 0 Å². The van der Waals surface area contributed by atoms with Gasteiger partial charge in [-0.1, -0.05) is 18.2 Å². The summed E-state index contributed by atoms with van der Waals surface area (Å²) in [5.74, 6) is -0.188. The van der Waals surface area contributed by atoms with Gasteiger partial charge in [0.2, 0.25) is 0 Å². The van der Waals surface area contributed by atoms with Crippen LogP contribution >= 0.6 is 0 Å². The second kappa shape index (κ2) is 6.69. The van der Waals surface area contributed by atoms with Crippen molar-refractivity contribution in [2.75, 3.05) is 20.8 Å². The Morgan fingerprint density at radius 1 is 1.41 bits per heavy atom. The largest absolute Gasteiger partial charge is 0.383 e. The molecular formula is C13H21FN2O. The molecule has 2 N–H and O–H groups in total. The summed E-state index contributed by atoms with van der Waals surface area (Å²) in [7, 11) is 3.62. The zero-order valence-electron chi connectivity index (χ0n) is 10.7. The zero-order chi connectivity index (χ0) is 12.8. The number of ether oxygens (including phenoxy) is 1. The molecule has 0 saturated heterocycles. The van der Waals surface area contributed by atoms with Gasteiger partial charge < -0.3 is 10.5 Å². The third-order valence-electron chi connectivity index (χ3n) is 2.96. The van der Waals surface area contributed by atoms with Crippen molar-refractivity contribution in [2.24, 2.45) is 5.73 Å². The predicted molar refractivity (Wildman–Crippen MR) is 67.1 cm³/mol. The van der Waals surface area contributed by atoms with Crippen LogP contribution in [0.5, 0.6) is 0 Å². The van der Waals surface area contributed by atoms with Crippen molar-refractivity contribution in [3.63, 3.8) is 0 Å². The van der Waals surface area contributed by atoms with Crippen molar-refractivity contribution in [2.45, 2.75) is 26.1 Å². The minimum Gasteiger partial charge on any atom is -0.383 e. The fourth-order valence-electron chi connectivity index (χ4n) is 1.71. The molecule has 0 heterocycles. The molecule has 0 saturated carbocycles. The number of nitrogens with zero attached hydrogens (tertiary/aromatic N) is 1. The highest BCUT2D eigenvalue weighted by Crippen LogP contribution is 2.15. The van der Waals surface area contributed by atoms with Gasteiger partial charge >= 0.3 is 0 Å². The van der Waals surface area contributed by atoms with Crippen molar-refractivity contribution in [3.05, 3.63) is 35.1 Å². The quantitative estimate of drug-likeness (QED) is 0.823. The van der Waals surface area contributed by atoms with E-state index in [1.807, 2.05) is 20.0 Å². The van der Waals surface area contributed by atoms with Crippen LogP contribution in [0.4, 0.5) is 4.39 Å². The zero-order valence-corrected chi connectivity index (χ0v) is 10.7. The monoisotopic (exact) mass is 240 g/mol. The van der Waals surface area contributed by atoms with Gasteiger partial charge in [0.05, 0.1) is 6.61 Å². The van der Waals surface area contributed by atoms with E-state index in [9.17, 15) is 4.39 Å². The van der Waals surface area contributed by atoms with E-state index in [2.05, 4.69) is 4.90 Å². The first-order valence-electron chi connectivity index (χ1n) is 5.75. The van der Waals surface area contributed by atoms with E-state index in [-0.39, 0.29) is 18.4 Å². The van der Waals surface area contributed by atoms with Crippen LogP contribution in [0.2, 0.25) is 0 Å². The van der Waals surface area contributed by atoms with Crippen molar-refractivity contribution in [3.8, 4) is 0 Å². The smallest absolute Gasteiger partial charge is 0.132 e. The summed E-state index contributed by atoms with van der Waals surface area (Å²) in [5.41, 5.74) is 6.73. The number of halogens is 1. The fraction of sp³-hybridized carbons (Fsp3) is 0.538. The molecule has 0 radical (unpaired) electrons. The van der Waals surface area contributed by atoms with Crippen LogP contribution in [0.15, 0.2) is 18.2 Å². The molecule has 1 atom stereocenters. The highest BCUT2D eigenvalue weighted by atomic mass is 19.1. The summed E-state index contributed by atoms with van der Waals surface area (Å²) in [6.45, 7) is 3.48. The van der Waals surface area contributed by atoms with Crippen LogP contribution in [-0.4, -0.2) is 31.7 Å². The van der Waals surface area contributed by atoms with Crippen molar-refractivity contribution >= 4 is 0 Å². The summed E-state index contributed by atoms with van der Waals surface area (Å²) in [6, 6.07) is 5.61. The molecule has 0 aliphatic rings. The Balaban J connectivity index is 2.74. The highest BCUT2D eigenvalue weighted by Gasteiger charge is 2.13. The molecule has 4 heteroatoms. The Morgan fingerprint density at radius 3 is 2.65 bits per heavy atom. The van der Waals surface area contributed by atoms with E-state index in [4.69, 9.17) is 10.5 Å². The Hall–Kier alpha value is -0.970. The summed E-state index contributed by atoms with van der Waals surface area (Å²) in [5, 5.41) is 0. The molecule has 96 valence electrons. The first kappa shape index (κ1) is 14.1. The molecule has 17 heavy (non-hydrogen) atoms. The molecule has 0 amide bonds. The third kappa shape index (κ3) is 3.77. The first-order valence-corrected chi connectivity index (χ1v) is 5.75. The number of hydrogen-bond donors (Lipinski definition) is 1. The Kier molecular flexibility index (Phi) is 5.55. The van der Waals surface area contributed by atoms with Crippen molar-refractivity contribution in [1.82, 2.24) is 4.90 Å². The Labute approximate surface area is 102 Å². The maximum absolute atomic E-state index is 13.9. The Bertz CT molecular complexity index is 357. The molecule has 1 unspecified atom stereocenters. The minimum atomic E-state index is -0.188. The lowest BCUT2D eigenvalue weighted by molar-refractivity contribution is 0.111. The van der Waals surface area contributed by atoms with Gasteiger partial charge in [-0.3, -0.25) is 4.90 Å². The first-order chi connectivity index (χ1) is 8.10. The van der Waals surface area contributed by atoms with E-state index in [0.29, 0.717) is 24.3 Å². The van der Waals surface area contributed by atoms with Crippen molar-refractivity contribution < 1.29 is 9.13 Å².